The summed E-state index contributed by atoms with van der Waals surface area (Å²) in [6.07, 6.45) is 0. The number of methoxy groups -OCH3 is 1. The maximum Gasteiger partial charge on any atom is 0.340 e. The SMILES string of the molecule is COC(=O)c1cc([N+](=O)[O-])c(O)cc1N.Cl. The van der Waals surface area contributed by atoms with Crippen LogP contribution in [0.25, 0.3) is 0 Å². The van der Waals surface area contributed by atoms with Gasteiger partial charge in [-0.1, -0.05) is 0 Å². The fraction of sp³-hybridized carbons (Fsp3) is 0.125. The van der Waals surface area contributed by atoms with E-state index in [1.807, 2.05) is 0 Å². The summed E-state index contributed by atoms with van der Waals surface area (Å²) in [4.78, 5) is 20.7. The van der Waals surface area contributed by atoms with Crippen LogP contribution in [0.1, 0.15) is 10.4 Å². The number of phenolic OH excluding ortho intramolecular Hbond substituents is 1. The minimum Gasteiger partial charge on any atom is -0.502 e. The van der Waals surface area contributed by atoms with Crippen LogP contribution in [0.15, 0.2) is 12.1 Å². The van der Waals surface area contributed by atoms with Crippen molar-refractivity contribution >= 4 is 29.8 Å². The lowest BCUT2D eigenvalue weighted by Gasteiger charge is -2.04. The second-order valence-corrected chi connectivity index (χ2v) is 2.68. The summed E-state index contributed by atoms with van der Waals surface area (Å²) in [5, 5.41) is 19.6. The predicted octanol–water partition coefficient (Wildman–Crippen LogP) is 1.09. The maximum absolute atomic E-state index is 11.1. The minimum atomic E-state index is -0.818. The molecule has 16 heavy (non-hydrogen) atoms. The van der Waals surface area contributed by atoms with E-state index in [1.165, 1.54) is 0 Å². The van der Waals surface area contributed by atoms with Crippen molar-refractivity contribution in [1.29, 1.82) is 0 Å². The van der Waals surface area contributed by atoms with E-state index in [4.69, 9.17) is 10.8 Å². The summed E-state index contributed by atoms with van der Waals surface area (Å²) < 4.78 is 4.37. The predicted molar refractivity (Wildman–Crippen MR) is 57.8 cm³/mol. The number of carbonyl (C=O) groups excluding carboxylic acids is 1. The Morgan fingerprint density at radius 2 is 2.12 bits per heavy atom. The number of rotatable bonds is 2. The highest BCUT2D eigenvalue weighted by atomic mass is 35.5. The number of ether oxygens (including phenoxy) is 1. The van der Waals surface area contributed by atoms with E-state index in [2.05, 4.69) is 4.74 Å². The summed E-state index contributed by atoms with van der Waals surface area (Å²) in [6, 6.07) is 1.81. The normalized spacial score (nSPS) is 9.06. The molecule has 0 saturated heterocycles. The maximum atomic E-state index is 11.1. The third-order valence-electron chi connectivity index (χ3n) is 1.75. The molecular formula is C8H9ClN2O5. The summed E-state index contributed by atoms with van der Waals surface area (Å²) in [7, 11) is 1.13. The Morgan fingerprint density at radius 1 is 1.56 bits per heavy atom. The van der Waals surface area contributed by atoms with Gasteiger partial charge in [0.15, 0.2) is 5.75 Å². The third kappa shape index (κ3) is 2.51. The standard InChI is InChI=1S/C8H8N2O5.ClH/c1-15-8(12)4-2-6(10(13)14)7(11)3-5(4)9;/h2-3,11H,9H2,1H3;1H. The smallest absolute Gasteiger partial charge is 0.340 e. The summed E-state index contributed by atoms with van der Waals surface area (Å²) in [5.41, 5.74) is 4.56. The highest BCUT2D eigenvalue weighted by Gasteiger charge is 2.20. The van der Waals surface area contributed by atoms with Gasteiger partial charge in [-0.25, -0.2) is 4.79 Å². The van der Waals surface area contributed by atoms with Crippen LogP contribution in [-0.4, -0.2) is 23.1 Å². The second-order valence-electron chi connectivity index (χ2n) is 2.68. The van der Waals surface area contributed by atoms with Crippen molar-refractivity contribution in [2.75, 3.05) is 12.8 Å². The lowest BCUT2D eigenvalue weighted by molar-refractivity contribution is -0.385. The average Bonchev–Trinajstić information content (AvgIpc) is 2.16. The van der Waals surface area contributed by atoms with E-state index in [1.54, 1.807) is 0 Å². The van der Waals surface area contributed by atoms with E-state index >= 15 is 0 Å². The number of nitro benzene ring substituents is 1. The molecule has 0 unspecified atom stereocenters. The van der Waals surface area contributed by atoms with Crippen molar-refractivity contribution < 1.29 is 19.6 Å². The molecule has 1 aromatic carbocycles. The number of anilines is 1. The molecule has 0 aliphatic rings. The number of nitro groups is 1. The number of nitrogens with zero attached hydrogens (tertiary/aromatic N) is 1. The van der Waals surface area contributed by atoms with Crippen molar-refractivity contribution in [1.82, 2.24) is 0 Å². The van der Waals surface area contributed by atoms with Crippen LogP contribution in [0.2, 0.25) is 0 Å². The fourth-order valence-corrected chi connectivity index (χ4v) is 1.03. The summed E-state index contributed by atoms with van der Waals surface area (Å²) in [6.45, 7) is 0. The van der Waals surface area contributed by atoms with Gasteiger partial charge < -0.3 is 15.6 Å². The van der Waals surface area contributed by atoms with Crippen molar-refractivity contribution in [2.45, 2.75) is 0 Å². The van der Waals surface area contributed by atoms with Crippen LogP contribution in [0.3, 0.4) is 0 Å². The van der Waals surface area contributed by atoms with E-state index in [0.29, 0.717) is 0 Å². The molecule has 0 amide bonds. The molecule has 0 fully saturated rings. The zero-order chi connectivity index (χ0) is 11.6. The first-order chi connectivity index (χ1) is 6.97. The zero-order valence-corrected chi connectivity index (χ0v) is 8.98. The molecule has 3 N–H and O–H groups in total. The van der Waals surface area contributed by atoms with Crippen LogP contribution >= 0.6 is 12.4 Å². The van der Waals surface area contributed by atoms with Crippen LogP contribution < -0.4 is 5.73 Å². The second kappa shape index (κ2) is 5.17. The highest BCUT2D eigenvalue weighted by molar-refractivity contribution is 5.96. The van der Waals surface area contributed by atoms with E-state index < -0.39 is 22.3 Å². The Bertz CT molecular complexity index is 435. The lowest BCUT2D eigenvalue weighted by atomic mass is 10.1. The topological polar surface area (TPSA) is 116 Å². The largest absolute Gasteiger partial charge is 0.502 e. The number of aromatic hydroxyl groups is 1. The number of phenols is 1. The molecular weight excluding hydrogens is 240 g/mol. The van der Waals surface area contributed by atoms with Crippen LogP contribution in [0.4, 0.5) is 11.4 Å². The Kier molecular flexibility index (Phi) is 4.52. The minimum absolute atomic E-state index is 0. The molecule has 0 bridgehead atoms. The molecule has 0 heterocycles. The van der Waals surface area contributed by atoms with E-state index in [9.17, 15) is 14.9 Å². The molecule has 0 atom stereocenters. The van der Waals surface area contributed by atoms with Gasteiger partial charge in [-0.2, -0.15) is 0 Å². The first kappa shape index (κ1) is 14.0. The van der Waals surface area contributed by atoms with E-state index in [0.717, 1.165) is 19.2 Å². The highest BCUT2D eigenvalue weighted by Crippen LogP contribution is 2.30. The van der Waals surface area contributed by atoms with Gasteiger partial charge in [0.25, 0.3) is 0 Å². The van der Waals surface area contributed by atoms with Gasteiger partial charge in [-0.05, 0) is 0 Å². The molecule has 1 aromatic rings. The Morgan fingerprint density at radius 3 is 2.56 bits per heavy atom. The van der Waals surface area contributed by atoms with Gasteiger partial charge in [0.05, 0.1) is 23.3 Å². The number of carbonyl (C=O) groups is 1. The average molecular weight is 249 g/mol. The fourth-order valence-electron chi connectivity index (χ4n) is 1.03. The number of hydrogen-bond acceptors (Lipinski definition) is 6. The molecule has 7 nitrogen and oxygen atoms in total. The number of benzene rings is 1. The molecule has 0 saturated carbocycles. The first-order valence-electron chi connectivity index (χ1n) is 3.82. The number of nitrogens with two attached hydrogens (primary N) is 1. The molecule has 1 rings (SSSR count). The monoisotopic (exact) mass is 248 g/mol. The molecule has 0 radical (unpaired) electrons. The van der Waals surface area contributed by atoms with Gasteiger partial charge in [0.2, 0.25) is 0 Å². The number of hydrogen-bond donors (Lipinski definition) is 2. The van der Waals surface area contributed by atoms with Crippen molar-refractivity contribution in [3.63, 3.8) is 0 Å². The third-order valence-corrected chi connectivity index (χ3v) is 1.75. The van der Waals surface area contributed by atoms with Crippen molar-refractivity contribution in [3.05, 3.63) is 27.8 Å². The molecule has 0 aliphatic carbocycles. The van der Waals surface area contributed by atoms with Crippen molar-refractivity contribution in [2.24, 2.45) is 0 Å². The molecule has 88 valence electrons. The summed E-state index contributed by atoms with van der Waals surface area (Å²) >= 11 is 0. The van der Waals surface area contributed by atoms with Gasteiger partial charge in [-0.15, -0.1) is 12.4 Å². The van der Waals surface area contributed by atoms with Crippen LogP contribution in [0.5, 0.6) is 5.75 Å². The Hall–Kier alpha value is -2.02. The molecule has 0 aromatic heterocycles. The van der Waals surface area contributed by atoms with Gasteiger partial charge in [0.1, 0.15) is 0 Å². The van der Waals surface area contributed by atoms with Crippen LogP contribution in [0, 0.1) is 10.1 Å². The first-order valence-corrected chi connectivity index (χ1v) is 3.82. The summed E-state index contributed by atoms with van der Waals surface area (Å²) in [5.74, 6) is -1.39. The van der Waals surface area contributed by atoms with E-state index in [-0.39, 0.29) is 23.7 Å². The molecule has 8 heteroatoms. The number of nitrogen functional groups attached to an aromatic ring is 1. The number of halogens is 1. The quantitative estimate of drug-likeness (QED) is 0.350. The Labute approximate surface area is 96.4 Å². The Balaban J connectivity index is 0.00000225. The lowest BCUT2D eigenvalue weighted by Crippen LogP contribution is -2.06. The van der Waals surface area contributed by atoms with Gasteiger partial charge in [-0.3, -0.25) is 10.1 Å². The molecule has 0 aliphatic heterocycles. The van der Waals surface area contributed by atoms with Crippen LogP contribution in [-0.2, 0) is 4.74 Å². The van der Waals surface area contributed by atoms with Crippen molar-refractivity contribution in [3.8, 4) is 5.75 Å². The zero-order valence-electron chi connectivity index (χ0n) is 8.17. The number of esters is 1. The van der Waals surface area contributed by atoms with Gasteiger partial charge >= 0.3 is 11.7 Å². The van der Waals surface area contributed by atoms with Gasteiger partial charge in [0, 0.05) is 12.1 Å². The molecule has 0 spiro atoms.